The summed E-state index contributed by atoms with van der Waals surface area (Å²) in [4.78, 5) is 0. The molecule has 0 aromatic heterocycles. The zero-order chi connectivity index (χ0) is 12.5. The summed E-state index contributed by atoms with van der Waals surface area (Å²) in [5.74, 6) is -1.79. The summed E-state index contributed by atoms with van der Waals surface area (Å²) >= 11 is 0. The molecule has 0 spiro atoms. The Morgan fingerprint density at radius 1 is 1.12 bits per heavy atom. The molecule has 1 saturated heterocycles. The van der Waals surface area contributed by atoms with Crippen molar-refractivity contribution in [1.29, 1.82) is 0 Å². The van der Waals surface area contributed by atoms with Gasteiger partial charge in [-0.25, -0.2) is 13.2 Å². The van der Waals surface area contributed by atoms with Gasteiger partial charge in [0.2, 0.25) is 0 Å². The lowest BCUT2D eigenvalue weighted by Crippen LogP contribution is -2.42. The molecule has 1 fully saturated rings. The second kappa shape index (κ2) is 4.69. The molecule has 0 unspecified atom stereocenters. The molecule has 1 heterocycles. The van der Waals surface area contributed by atoms with Crippen molar-refractivity contribution in [2.45, 2.75) is 31.4 Å². The molecule has 0 aliphatic carbocycles. The van der Waals surface area contributed by atoms with Crippen LogP contribution in [0.3, 0.4) is 0 Å². The van der Waals surface area contributed by atoms with Crippen molar-refractivity contribution in [2.75, 3.05) is 13.1 Å². The Kier molecular flexibility index (Phi) is 3.43. The summed E-state index contributed by atoms with van der Waals surface area (Å²) in [6, 6.07) is 3.25. The lowest BCUT2D eigenvalue weighted by molar-refractivity contribution is 0.0879. The molecule has 0 radical (unpaired) electrons. The normalized spacial score (nSPS) is 21.2. The maximum atomic E-state index is 14.6. The van der Waals surface area contributed by atoms with Crippen molar-refractivity contribution in [3.05, 3.63) is 35.4 Å². The standard InChI is InChI=1S/C13H16F3N/c1-9(13(16)2-4-17-5-3-13)10-6-11(14)8-12(15)7-10/h6-9,17H,2-5H2,1H3/t9-/m1/s1. The number of nitrogens with one attached hydrogen (secondary N) is 1. The third-order valence-corrected chi connectivity index (χ3v) is 3.60. The van der Waals surface area contributed by atoms with Gasteiger partial charge in [0.05, 0.1) is 0 Å². The van der Waals surface area contributed by atoms with Crippen LogP contribution in [0.15, 0.2) is 18.2 Å². The summed E-state index contributed by atoms with van der Waals surface area (Å²) < 4.78 is 40.8. The van der Waals surface area contributed by atoms with Crippen LogP contribution < -0.4 is 5.32 Å². The molecule has 2 rings (SSSR count). The Morgan fingerprint density at radius 2 is 1.65 bits per heavy atom. The summed E-state index contributed by atoms with van der Waals surface area (Å²) in [5.41, 5.74) is -0.974. The zero-order valence-corrected chi connectivity index (χ0v) is 9.77. The smallest absolute Gasteiger partial charge is 0.126 e. The van der Waals surface area contributed by atoms with E-state index in [9.17, 15) is 13.2 Å². The number of rotatable bonds is 2. The third kappa shape index (κ3) is 2.63. The number of benzene rings is 1. The van der Waals surface area contributed by atoms with Gasteiger partial charge in [0.15, 0.2) is 0 Å². The molecule has 1 aliphatic heterocycles. The van der Waals surface area contributed by atoms with E-state index in [0.717, 1.165) is 6.07 Å². The van der Waals surface area contributed by atoms with Crippen LogP contribution in [0.2, 0.25) is 0 Å². The van der Waals surface area contributed by atoms with E-state index >= 15 is 0 Å². The topological polar surface area (TPSA) is 12.0 Å². The molecule has 1 nitrogen and oxygen atoms in total. The maximum absolute atomic E-state index is 14.6. The first-order valence-electron chi connectivity index (χ1n) is 5.87. The largest absolute Gasteiger partial charge is 0.316 e. The van der Waals surface area contributed by atoms with Gasteiger partial charge in [0, 0.05) is 12.0 Å². The molecular formula is C13H16F3N. The van der Waals surface area contributed by atoms with Gasteiger partial charge in [-0.1, -0.05) is 6.92 Å². The number of hydrogen-bond donors (Lipinski definition) is 1. The molecule has 1 aromatic rings. The van der Waals surface area contributed by atoms with E-state index in [2.05, 4.69) is 5.32 Å². The van der Waals surface area contributed by atoms with Crippen molar-refractivity contribution in [1.82, 2.24) is 5.32 Å². The predicted molar refractivity (Wildman–Crippen MR) is 60.7 cm³/mol. The molecular weight excluding hydrogens is 227 g/mol. The first kappa shape index (κ1) is 12.4. The maximum Gasteiger partial charge on any atom is 0.126 e. The highest BCUT2D eigenvalue weighted by Gasteiger charge is 2.38. The molecule has 1 N–H and O–H groups in total. The number of piperidine rings is 1. The fraction of sp³-hybridized carbons (Fsp3) is 0.538. The van der Waals surface area contributed by atoms with E-state index < -0.39 is 23.2 Å². The van der Waals surface area contributed by atoms with Crippen LogP contribution in [-0.4, -0.2) is 18.8 Å². The molecule has 0 saturated carbocycles. The van der Waals surface area contributed by atoms with Gasteiger partial charge in [-0.05, 0) is 43.6 Å². The van der Waals surface area contributed by atoms with Gasteiger partial charge in [0.1, 0.15) is 17.3 Å². The minimum Gasteiger partial charge on any atom is -0.316 e. The second-order valence-corrected chi connectivity index (χ2v) is 4.71. The van der Waals surface area contributed by atoms with Crippen LogP contribution in [0.25, 0.3) is 0 Å². The van der Waals surface area contributed by atoms with Crippen molar-refractivity contribution in [3.63, 3.8) is 0 Å². The quantitative estimate of drug-likeness (QED) is 0.841. The van der Waals surface area contributed by atoms with E-state index in [1.807, 2.05) is 0 Å². The van der Waals surface area contributed by atoms with Crippen molar-refractivity contribution in [2.24, 2.45) is 0 Å². The third-order valence-electron chi connectivity index (χ3n) is 3.60. The second-order valence-electron chi connectivity index (χ2n) is 4.71. The highest BCUT2D eigenvalue weighted by molar-refractivity contribution is 5.24. The van der Waals surface area contributed by atoms with E-state index in [-0.39, 0.29) is 0 Å². The van der Waals surface area contributed by atoms with Crippen LogP contribution >= 0.6 is 0 Å². The van der Waals surface area contributed by atoms with Crippen molar-refractivity contribution in [3.8, 4) is 0 Å². The first-order chi connectivity index (χ1) is 8.01. The fourth-order valence-corrected chi connectivity index (χ4v) is 2.40. The summed E-state index contributed by atoms with van der Waals surface area (Å²) in [5, 5.41) is 3.08. The van der Waals surface area contributed by atoms with Crippen molar-refractivity contribution >= 4 is 0 Å². The number of alkyl halides is 1. The van der Waals surface area contributed by atoms with Gasteiger partial charge in [-0.2, -0.15) is 0 Å². The van der Waals surface area contributed by atoms with Crippen LogP contribution in [-0.2, 0) is 0 Å². The Bertz CT molecular complexity index is 379. The summed E-state index contributed by atoms with van der Waals surface area (Å²) in [6.07, 6.45) is 0.762. The van der Waals surface area contributed by atoms with Gasteiger partial charge in [-0.15, -0.1) is 0 Å². The van der Waals surface area contributed by atoms with E-state index in [1.54, 1.807) is 6.92 Å². The predicted octanol–water partition coefficient (Wildman–Crippen LogP) is 3.16. The Labute approximate surface area is 99.0 Å². The lowest BCUT2D eigenvalue weighted by Gasteiger charge is -2.35. The SMILES string of the molecule is C[C@H](c1cc(F)cc(F)c1)C1(F)CCNCC1. The number of halogens is 3. The molecule has 1 aliphatic rings. The zero-order valence-electron chi connectivity index (χ0n) is 9.77. The van der Waals surface area contributed by atoms with Gasteiger partial charge < -0.3 is 5.32 Å². The molecule has 1 aromatic carbocycles. The van der Waals surface area contributed by atoms with E-state index in [1.165, 1.54) is 12.1 Å². The number of hydrogen-bond acceptors (Lipinski definition) is 1. The van der Waals surface area contributed by atoms with Crippen LogP contribution in [0.1, 0.15) is 31.2 Å². The minimum atomic E-state index is -1.37. The van der Waals surface area contributed by atoms with Crippen LogP contribution in [0.5, 0.6) is 0 Å². The summed E-state index contributed by atoms with van der Waals surface area (Å²) in [7, 11) is 0. The van der Waals surface area contributed by atoms with Gasteiger partial charge >= 0.3 is 0 Å². The lowest BCUT2D eigenvalue weighted by atomic mass is 9.79. The highest BCUT2D eigenvalue weighted by atomic mass is 19.1. The molecule has 0 bridgehead atoms. The van der Waals surface area contributed by atoms with E-state index in [0.29, 0.717) is 31.5 Å². The fourth-order valence-electron chi connectivity index (χ4n) is 2.40. The molecule has 0 amide bonds. The Hall–Kier alpha value is -1.03. The summed E-state index contributed by atoms with van der Waals surface area (Å²) in [6.45, 7) is 2.91. The van der Waals surface area contributed by atoms with E-state index in [4.69, 9.17) is 0 Å². The van der Waals surface area contributed by atoms with Gasteiger partial charge in [0.25, 0.3) is 0 Å². The molecule has 94 valence electrons. The monoisotopic (exact) mass is 243 g/mol. The first-order valence-corrected chi connectivity index (χ1v) is 5.87. The van der Waals surface area contributed by atoms with Crippen molar-refractivity contribution < 1.29 is 13.2 Å². The minimum absolute atomic E-state index is 0.381. The molecule has 17 heavy (non-hydrogen) atoms. The van der Waals surface area contributed by atoms with Gasteiger partial charge in [-0.3, -0.25) is 0 Å². The molecule has 4 heteroatoms. The Morgan fingerprint density at radius 3 is 2.18 bits per heavy atom. The van der Waals surface area contributed by atoms with Crippen LogP contribution in [0.4, 0.5) is 13.2 Å². The Balaban J connectivity index is 2.26. The average molecular weight is 243 g/mol. The van der Waals surface area contributed by atoms with Crippen LogP contribution in [0, 0.1) is 11.6 Å². The molecule has 1 atom stereocenters. The average Bonchev–Trinajstić information content (AvgIpc) is 2.27. The highest BCUT2D eigenvalue weighted by Crippen LogP contribution is 2.38.